The first-order valence-corrected chi connectivity index (χ1v) is 12.0. The second-order valence-corrected chi connectivity index (χ2v) is 9.17. The number of hydrogen-bond acceptors (Lipinski definition) is 14. The van der Waals surface area contributed by atoms with Gasteiger partial charge in [-0.05, 0) is 13.8 Å². The third-order valence-electron chi connectivity index (χ3n) is 5.85. The standard InChI is InChI=1S/C26H28O14/c1-10(27)19-21(35-13(4)30)17-8-26(40-22(17)20(11(2)28)24(19)37-15(6)32)25(38-16(7)33)23(36-14(5)31)18(39-26)9-34-12(3)29/h18,23,25H,8-9H2,1-7H3/t18-,23-,25-,26+/m1/s1. The van der Waals surface area contributed by atoms with Crippen LogP contribution in [0, 0.1) is 0 Å². The lowest BCUT2D eigenvalue weighted by molar-refractivity contribution is -0.213. The summed E-state index contributed by atoms with van der Waals surface area (Å²) in [7, 11) is 0. The van der Waals surface area contributed by atoms with E-state index < -0.39 is 84.3 Å². The molecule has 4 atom stereocenters. The molecule has 0 radical (unpaired) electrons. The molecule has 3 rings (SSSR count). The molecule has 0 N–H and O–H groups in total. The van der Waals surface area contributed by atoms with E-state index in [1.807, 2.05) is 0 Å². The van der Waals surface area contributed by atoms with E-state index in [-0.39, 0.29) is 28.2 Å². The molecule has 2 heterocycles. The normalized spacial score (nSPS) is 22.5. The van der Waals surface area contributed by atoms with Crippen LogP contribution in [0.5, 0.6) is 17.2 Å². The van der Waals surface area contributed by atoms with E-state index in [9.17, 15) is 33.6 Å². The molecule has 0 saturated carbocycles. The summed E-state index contributed by atoms with van der Waals surface area (Å²) in [6.07, 6.45) is -4.47. The molecule has 1 saturated heterocycles. The van der Waals surface area contributed by atoms with Crippen molar-refractivity contribution in [1.29, 1.82) is 0 Å². The molecule has 1 spiro atoms. The van der Waals surface area contributed by atoms with Crippen LogP contribution in [0.2, 0.25) is 0 Å². The molecular formula is C26H28O14. The van der Waals surface area contributed by atoms with Gasteiger partial charge in [-0.25, -0.2) is 0 Å². The molecule has 1 fully saturated rings. The van der Waals surface area contributed by atoms with Crippen LogP contribution in [0.3, 0.4) is 0 Å². The van der Waals surface area contributed by atoms with Gasteiger partial charge in [0.25, 0.3) is 5.79 Å². The van der Waals surface area contributed by atoms with Gasteiger partial charge in [-0.15, -0.1) is 0 Å². The molecular weight excluding hydrogens is 536 g/mol. The van der Waals surface area contributed by atoms with Gasteiger partial charge in [0.1, 0.15) is 29.6 Å². The number of carbonyl (C=O) groups excluding carboxylic acids is 7. The fraction of sp³-hybridized carbons (Fsp3) is 0.500. The first kappa shape index (κ1) is 30.2. The lowest BCUT2D eigenvalue weighted by Crippen LogP contribution is -2.50. The zero-order chi connectivity index (χ0) is 30.1. The average molecular weight is 564 g/mol. The molecule has 0 amide bonds. The largest absolute Gasteiger partial charge is 0.463 e. The van der Waals surface area contributed by atoms with E-state index in [4.69, 9.17) is 33.2 Å². The van der Waals surface area contributed by atoms with Crippen molar-refractivity contribution in [3.63, 3.8) is 0 Å². The Morgan fingerprint density at radius 3 is 1.75 bits per heavy atom. The Labute approximate surface area is 228 Å². The molecule has 0 unspecified atom stereocenters. The summed E-state index contributed by atoms with van der Waals surface area (Å²) in [5, 5.41) is 0. The van der Waals surface area contributed by atoms with Gasteiger partial charge < -0.3 is 33.2 Å². The molecule has 0 bridgehead atoms. The van der Waals surface area contributed by atoms with Gasteiger partial charge in [0.2, 0.25) is 6.10 Å². The molecule has 0 aromatic heterocycles. The van der Waals surface area contributed by atoms with E-state index >= 15 is 0 Å². The SMILES string of the molecule is CC(=O)OC[C@H]1O[C@]2(Cc3c(OC(C)=O)c(C(C)=O)c(OC(C)=O)c(C(C)=O)c3O2)[C@H](OC(C)=O)[C@@H]1OC(C)=O. The molecule has 2 aliphatic heterocycles. The van der Waals surface area contributed by atoms with Crippen LogP contribution in [0.1, 0.15) is 74.7 Å². The molecule has 2 aliphatic rings. The highest BCUT2D eigenvalue weighted by atomic mass is 16.8. The average Bonchev–Trinajstić information content (AvgIpc) is 3.29. The Kier molecular flexibility index (Phi) is 8.63. The molecule has 1 aromatic carbocycles. The molecule has 216 valence electrons. The van der Waals surface area contributed by atoms with Gasteiger partial charge in [0, 0.05) is 46.6 Å². The van der Waals surface area contributed by atoms with Gasteiger partial charge in [-0.1, -0.05) is 0 Å². The van der Waals surface area contributed by atoms with Crippen LogP contribution in [0.15, 0.2) is 0 Å². The van der Waals surface area contributed by atoms with Crippen LogP contribution in [-0.4, -0.2) is 72.1 Å². The minimum atomic E-state index is -2.03. The lowest BCUT2D eigenvalue weighted by atomic mass is 9.93. The van der Waals surface area contributed by atoms with Crippen LogP contribution in [-0.2, 0) is 49.3 Å². The van der Waals surface area contributed by atoms with Gasteiger partial charge in [-0.3, -0.25) is 33.6 Å². The van der Waals surface area contributed by atoms with Gasteiger partial charge >= 0.3 is 29.8 Å². The Morgan fingerprint density at radius 1 is 0.725 bits per heavy atom. The monoisotopic (exact) mass is 564 g/mol. The third kappa shape index (κ3) is 5.96. The number of hydrogen-bond donors (Lipinski definition) is 0. The van der Waals surface area contributed by atoms with E-state index in [1.165, 1.54) is 0 Å². The summed E-state index contributed by atoms with van der Waals surface area (Å²) in [5.74, 6) is -8.63. The van der Waals surface area contributed by atoms with Crippen molar-refractivity contribution >= 4 is 41.4 Å². The summed E-state index contributed by atoms with van der Waals surface area (Å²) in [6, 6.07) is 0. The van der Waals surface area contributed by atoms with Gasteiger partial charge in [-0.2, -0.15) is 0 Å². The summed E-state index contributed by atoms with van der Waals surface area (Å²) >= 11 is 0. The zero-order valence-electron chi connectivity index (χ0n) is 22.9. The number of rotatable bonds is 8. The van der Waals surface area contributed by atoms with E-state index in [0.717, 1.165) is 48.5 Å². The van der Waals surface area contributed by atoms with Crippen LogP contribution >= 0.6 is 0 Å². The van der Waals surface area contributed by atoms with Crippen molar-refractivity contribution in [3.8, 4) is 17.2 Å². The maximum atomic E-state index is 12.9. The number of ether oxygens (including phenoxy) is 7. The summed E-state index contributed by atoms with van der Waals surface area (Å²) < 4.78 is 38.7. The Hall–Kier alpha value is -4.33. The number of carbonyl (C=O) groups is 7. The third-order valence-corrected chi connectivity index (χ3v) is 5.85. The topological polar surface area (TPSA) is 184 Å². The summed E-state index contributed by atoms with van der Waals surface area (Å²) in [5.41, 5.74) is -0.751. The minimum absolute atomic E-state index is 0.0200. The van der Waals surface area contributed by atoms with Crippen LogP contribution < -0.4 is 14.2 Å². The smallest absolute Gasteiger partial charge is 0.308 e. The highest BCUT2D eigenvalue weighted by Crippen LogP contribution is 2.54. The molecule has 40 heavy (non-hydrogen) atoms. The minimum Gasteiger partial charge on any atom is -0.463 e. The zero-order valence-corrected chi connectivity index (χ0v) is 22.9. The van der Waals surface area contributed by atoms with Crippen molar-refractivity contribution in [3.05, 3.63) is 16.7 Å². The maximum Gasteiger partial charge on any atom is 0.308 e. The maximum absolute atomic E-state index is 12.9. The van der Waals surface area contributed by atoms with E-state index in [2.05, 4.69) is 0 Å². The van der Waals surface area contributed by atoms with Crippen LogP contribution in [0.25, 0.3) is 0 Å². The number of ketones is 2. The van der Waals surface area contributed by atoms with Crippen molar-refractivity contribution in [1.82, 2.24) is 0 Å². The Balaban J connectivity index is 2.32. The number of fused-ring (bicyclic) bond motifs is 1. The van der Waals surface area contributed by atoms with Gasteiger partial charge in [0.05, 0.1) is 0 Å². The quantitative estimate of drug-likeness (QED) is 0.191. The predicted octanol–water partition coefficient (Wildman–Crippen LogP) is 1.40. The van der Waals surface area contributed by atoms with Crippen molar-refractivity contribution < 1.29 is 66.7 Å². The number of esters is 5. The molecule has 14 heteroatoms. The highest BCUT2D eigenvalue weighted by Gasteiger charge is 2.65. The van der Waals surface area contributed by atoms with Crippen molar-refractivity contribution in [2.24, 2.45) is 0 Å². The summed E-state index contributed by atoms with van der Waals surface area (Å²) in [6.45, 7) is 7.20. The molecule has 14 nitrogen and oxygen atoms in total. The van der Waals surface area contributed by atoms with E-state index in [1.54, 1.807) is 0 Å². The van der Waals surface area contributed by atoms with Crippen molar-refractivity contribution in [2.45, 2.75) is 79.0 Å². The second-order valence-electron chi connectivity index (χ2n) is 9.17. The fourth-order valence-corrected chi connectivity index (χ4v) is 4.66. The first-order chi connectivity index (χ1) is 18.6. The number of Topliss-reactive ketones (excluding diaryl/α,β-unsaturated/α-hetero) is 2. The Bertz CT molecular complexity index is 1310. The molecule has 0 aliphatic carbocycles. The fourth-order valence-electron chi connectivity index (χ4n) is 4.66. The number of benzene rings is 1. The lowest BCUT2D eigenvalue weighted by Gasteiger charge is -2.30. The second kappa shape index (κ2) is 11.4. The van der Waals surface area contributed by atoms with Gasteiger partial charge in [0.15, 0.2) is 29.2 Å². The summed E-state index contributed by atoms with van der Waals surface area (Å²) in [4.78, 5) is 85.3. The van der Waals surface area contributed by atoms with Crippen molar-refractivity contribution in [2.75, 3.05) is 6.61 Å². The van der Waals surface area contributed by atoms with Crippen LogP contribution in [0.4, 0.5) is 0 Å². The predicted molar refractivity (Wildman–Crippen MR) is 129 cm³/mol. The van der Waals surface area contributed by atoms with E-state index in [0.29, 0.717) is 0 Å². The first-order valence-electron chi connectivity index (χ1n) is 12.0. The highest BCUT2D eigenvalue weighted by molar-refractivity contribution is 6.09. The Morgan fingerprint density at radius 2 is 1.27 bits per heavy atom. The molecule has 1 aromatic rings.